The summed E-state index contributed by atoms with van der Waals surface area (Å²) in [4.78, 5) is 37.6. The molecule has 1 aliphatic rings. The van der Waals surface area contributed by atoms with Crippen LogP contribution < -0.4 is 15.4 Å². The molecule has 1 aliphatic carbocycles. The van der Waals surface area contributed by atoms with Gasteiger partial charge in [0.2, 0.25) is 5.75 Å². The number of nitrogens with zero attached hydrogens (tertiary/aromatic N) is 2. The van der Waals surface area contributed by atoms with Gasteiger partial charge in [-0.3, -0.25) is 10.1 Å². The fraction of sp³-hybridized carbons (Fsp3) is 0.533. The molecular weight excluding hydrogens is 316 g/mol. The van der Waals surface area contributed by atoms with Gasteiger partial charge in [0.25, 0.3) is 5.91 Å². The summed E-state index contributed by atoms with van der Waals surface area (Å²) in [5.41, 5.74) is 0. The summed E-state index contributed by atoms with van der Waals surface area (Å²) in [6.07, 6.45) is 5.25. The van der Waals surface area contributed by atoms with Gasteiger partial charge in [-0.15, -0.1) is 0 Å². The lowest BCUT2D eigenvalue weighted by molar-refractivity contribution is -0.390. The number of amides is 3. The maximum absolute atomic E-state index is 12.0. The number of pyridine rings is 1. The first-order valence-corrected chi connectivity index (χ1v) is 7.85. The Hall–Kier alpha value is -2.71. The van der Waals surface area contributed by atoms with Crippen molar-refractivity contribution in [1.29, 1.82) is 0 Å². The number of rotatable bonds is 5. The SMILES string of the molecule is CC(Oc1cccnc1[N+](=O)[O-])C(=O)NC(=O)NC1CCCCC1. The first-order valence-electron chi connectivity index (χ1n) is 7.85. The quantitative estimate of drug-likeness (QED) is 0.625. The molecule has 1 unspecified atom stereocenters. The third-order valence-corrected chi connectivity index (χ3v) is 3.77. The number of nitro groups is 1. The third kappa shape index (κ3) is 4.90. The Morgan fingerprint density at radius 3 is 2.75 bits per heavy atom. The van der Waals surface area contributed by atoms with Crippen molar-refractivity contribution in [2.45, 2.75) is 51.2 Å². The maximum Gasteiger partial charge on any atom is 0.406 e. The van der Waals surface area contributed by atoms with Crippen LogP contribution in [-0.4, -0.2) is 34.0 Å². The monoisotopic (exact) mass is 336 g/mol. The molecule has 1 fully saturated rings. The molecule has 2 N–H and O–H groups in total. The number of hydrogen-bond donors (Lipinski definition) is 2. The molecule has 0 saturated heterocycles. The Kier molecular flexibility index (Phi) is 6.05. The molecule has 0 bridgehead atoms. The molecule has 9 nitrogen and oxygen atoms in total. The fourth-order valence-corrected chi connectivity index (χ4v) is 2.54. The van der Waals surface area contributed by atoms with Crippen LogP contribution in [0, 0.1) is 10.1 Å². The molecule has 9 heteroatoms. The summed E-state index contributed by atoms with van der Waals surface area (Å²) in [6.45, 7) is 1.40. The third-order valence-electron chi connectivity index (χ3n) is 3.77. The predicted molar refractivity (Wildman–Crippen MR) is 84.5 cm³/mol. The highest BCUT2D eigenvalue weighted by Gasteiger charge is 2.24. The van der Waals surface area contributed by atoms with Crippen molar-refractivity contribution in [1.82, 2.24) is 15.6 Å². The van der Waals surface area contributed by atoms with Crippen LogP contribution in [0.4, 0.5) is 10.6 Å². The minimum absolute atomic E-state index is 0.0715. The number of carbonyl (C=O) groups is 2. The average Bonchev–Trinajstić information content (AvgIpc) is 2.55. The molecule has 0 spiro atoms. The van der Waals surface area contributed by atoms with E-state index in [0.717, 1.165) is 32.1 Å². The van der Waals surface area contributed by atoms with Gasteiger partial charge in [-0.2, -0.15) is 0 Å². The highest BCUT2D eigenvalue weighted by molar-refractivity contribution is 5.96. The highest BCUT2D eigenvalue weighted by atomic mass is 16.6. The second-order valence-corrected chi connectivity index (χ2v) is 5.64. The first-order chi connectivity index (χ1) is 11.5. The summed E-state index contributed by atoms with van der Waals surface area (Å²) < 4.78 is 5.26. The van der Waals surface area contributed by atoms with Crippen molar-refractivity contribution in [2.75, 3.05) is 0 Å². The van der Waals surface area contributed by atoms with Crippen LogP contribution in [0.5, 0.6) is 5.75 Å². The second kappa shape index (κ2) is 8.23. The van der Waals surface area contributed by atoms with Crippen molar-refractivity contribution in [2.24, 2.45) is 0 Å². The first kappa shape index (κ1) is 17.6. The Morgan fingerprint density at radius 1 is 1.38 bits per heavy atom. The molecule has 0 aliphatic heterocycles. The van der Waals surface area contributed by atoms with E-state index in [1.165, 1.54) is 25.3 Å². The minimum atomic E-state index is -1.08. The summed E-state index contributed by atoms with van der Waals surface area (Å²) in [5.74, 6) is -1.29. The molecule has 1 saturated carbocycles. The lowest BCUT2D eigenvalue weighted by Gasteiger charge is -2.23. The normalized spacial score (nSPS) is 16.0. The van der Waals surface area contributed by atoms with E-state index in [1.807, 2.05) is 0 Å². The van der Waals surface area contributed by atoms with E-state index in [9.17, 15) is 19.7 Å². The van der Waals surface area contributed by atoms with Crippen LogP contribution in [0.2, 0.25) is 0 Å². The van der Waals surface area contributed by atoms with Crippen molar-refractivity contribution in [3.8, 4) is 5.75 Å². The largest absolute Gasteiger partial charge is 0.473 e. The Morgan fingerprint density at radius 2 is 2.08 bits per heavy atom. The van der Waals surface area contributed by atoms with Crippen LogP contribution in [0.1, 0.15) is 39.0 Å². The number of nitrogens with one attached hydrogen (secondary N) is 2. The predicted octanol–water partition coefficient (Wildman–Crippen LogP) is 1.92. The number of imide groups is 1. The average molecular weight is 336 g/mol. The number of aromatic nitrogens is 1. The van der Waals surface area contributed by atoms with Gasteiger partial charge in [0.05, 0.1) is 0 Å². The summed E-state index contributed by atoms with van der Waals surface area (Å²) in [6, 6.07) is 2.30. The molecule has 0 aromatic carbocycles. The molecule has 2 rings (SSSR count). The van der Waals surface area contributed by atoms with Crippen LogP contribution in [-0.2, 0) is 4.79 Å². The van der Waals surface area contributed by atoms with E-state index in [2.05, 4.69) is 15.6 Å². The topological polar surface area (TPSA) is 123 Å². The Bertz CT molecular complexity index is 616. The van der Waals surface area contributed by atoms with E-state index < -0.39 is 28.8 Å². The van der Waals surface area contributed by atoms with Crippen LogP contribution >= 0.6 is 0 Å². The maximum atomic E-state index is 12.0. The van der Waals surface area contributed by atoms with Crippen molar-refractivity contribution >= 4 is 17.8 Å². The van der Waals surface area contributed by atoms with Gasteiger partial charge in [0.1, 0.15) is 6.20 Å². The molecule has 3 amide bonds. The number of urea groups is 1. The van der Waals surface area contributed by atoms with Gasteiger partial charge in [0.15, 0.2) is 6.10 Å². The van der Waals surface area contributed by atoms with Crippen LogP contribution in [0.25, 0.3) is 0 Å². The van der Waals surface area contributed by atoms with E-state index >= 15 is 0 Å². The minimum Gasteiger partial charge on any atom is -0.473 e. The van der Waals surface area contributed by atoms with Crippen LogP contribution in [0.3, 0.4) is 0 Å². The molecular formula is C15H20N4O5. The van der Waals surface area contributed by atoms with E-state index in [1.54, 1.807) is 0 Å². The Balaban J connectivity index is 1.88. The van der Waals surface area contributed by atoms with Crippen LogP contribution in [0.15, 0.2) is 18.3 Å². The number of carbonyl (C=O) groups excluding carboxylic acids is 2. The van der Waals surface area contributed by atoms with Gasteiger partial charge in [0, 0.05) is 6.04 Å². The molecule has 1 aromatic heterocycles. The lowest BCUT2D eigenvalue weighted by Crippen LogP contribution is -2.48. The van der Waals surface area contributed by atoms with Crippen molar-refractivity contribution in [3.05, 3.63) is 28.4 Å². The number of hydrogen-bond acceptors (Lipinski definition) is 6. The second-order valence-electron chi connectivity index (χ2n) is 5.64. The zero-order valence-electron chi connectivity index (χ0n) is 13.4. The molecule has 1 aromatic rings. The highest BCUT2D eigenvalue weighted by Crippen LogP contribution is 2.24. The zero-order chi connectivity index (χ0) is 17.5. The zero-order valence-corrected chi connectivity index (χ0v) is 13.4. The van der Waals surface area contributed by atoms with Gasteiger partial charge >= 0.3 is 11.8 Å². The van der Waals surface area contributed by atoms with Gasteiger partial charge in [-0.1, -0.05) is 19.3 Å². The van der Waals surface area contributed by atoms with Gasteiger partial charge < -0.3 is 20.2 Å². The summed E-state index contributed by atoms with van der Waals surface area (Å²) >= 11 is 0. The number of ether oxygens (including phenoxy) is 1. The van der Waals surface area contributed by atoms with Gasteiger partial charge in [-0.05, 0) is 41.8 Å². The van der Waals surface area contributed by atoms with Gasteiger partial charge in [-0.25, -0.2) is 4.79 Å². The van der Waals surface area contributed by atoms with E-state index in [-0.39, 0.29) is 11.8 Å². The Labute approximate surface area is 138 Å². The van der Waals surface area contributed by atoms with E-state index in [0.29, 0.717) is 0 Å². The summed E-state index contributed by atoms with van der Waals surface area (Å²) in [5, 5.41) is 15.8. The molecule has 1 heterocycles. The van der Waals surface area contributed by atoms with E-state index in [4.69, 9.17) is 4.74 Å². The fourth-order valence-electron chi connectivity index (χ4n) is 2.54. The summed E-state index contributed by atoms with van der Waals surface area (Å²) in [7, 11) is 0. The molecule has 1 atom stereocenters. The molecule has 0 radical (unpaired) electrons. The smallest absolute Gasteiger partial charge is 0.406 e. The lowest BCUT2D eigenvalue weighted by atomic mass is 9.96. The molecule has 24 heavy (non-hydrogen) atoms. The van der Waals surface area contributed by atoms with Crippen molar-refractivity contribution in [3.63, 3.8) is 0 Å². The standard InChI is InChI=1S/C15H20N4O5/c1-10(24-12-8-5-9-16-13(12)19(22)23)14(20)18-15(21)17-11-6-3-2-4-7-11/h5,8-11H,2-4,6-7H2,1H3,(H2,17,18,20,21). The molecule has 130 valence electrons. The van der Waals surface area contributed by atoms with Crippen molar-refractivity contribution < 1.29 is 19.2 Å².